The van der Waals surface area contributed by atoms with E-state index in [1.165, 1.54) is 5.57 Å². The Labute approximate surface area is 227 Å². The van der Waals surface area contributed by atoms with Gasteiger partial charge in [-0.25, -0.2) is 14.6 Å². The zero-order valence-electron chi connectivity index (χ0n) is 21.5. The normalized spacial score (nSPS) is 23.4. The average molecular weight is 543 g/mol. The molecule has 0 spiro atoms. The van der Waals surface area contributed by atoms with Crippen LogP contribution in [-0.4, -0.2) is 54.4 Å². The maximum absolute atomic E-state index is 11.1. The third-order valence-corrected chi connectivity index (χ3v) is 8.59. The van der Waals surface area contributed by atoms with E-state index in [0.717, 1.165) is 66.8 Å². The Balaban J connectivity index is 1.41. The number of fused-ring (bicyclic) bond motifs is 1. The molecule has 1 aromatic carbocycles. The molecule has 2 aromatic heterocycles. The van der Waals surface area contributed by atoms with Crippen LogP contribution in [-0.2, 0) is 4.79 Å². The Bertz CT molecular complexity index is 1350. The molecule has 196 valence electrons. The number of aromatic nitrogens is 4. The Morgan fingerprint density at radius 2 is 2.11 bits per heavy atom. The number of benzene rings is 1. The van der Waals surface area contributed by atoms with Crippen LogP contribution in [0, 0.1) is 12.8 Å². The summed E-state index contributed by atoms with van der Waals surface area (Å²) in [5.41, 5.74) is 5.40. The molecule has 0 radical (unpaired) electrons. The zero-order chi connectivity index (χ0) is 26.3. The molecule has 3 unspecified atom stereocenters. The van der Waals surface area contributed by atoms with Crippen molar-refractivity contribution < 1.29 is 9.90 Å². The fourth-order valence-corrected chi connectivity index (χ4v) is 6.64. The SMILES string of the molecule is Cc1nn(C(C)c2ccc(Cl)cc2Cl)c2nc(C3=CCC(N4CCCC4CCC(=O)O)[C@H](C)C3)cnc12. The van der Waals surface area contributed by atoms with Crippen LogP contribution in [0.3, 0.4) is 0 Å². The lowest BCUT2D eigenvalue weighted by Crippen LogP contribution is -2.44. The van der Waals surface area contributed by atoms with Crippen molar-refractivity contribution >= 4 is 45.9 Å². The highest BCUT2D eigenvalue weighted by Crippen LogP contribution is 2.37. The number of aryl methyl sites for hydroxylation is 1. The number of allylic oxidation sites excluding steroid dienone is 1. The lowest BCUT2D eigenvalue weighted by atomic mass is 9.83. The Morgan fingerprint density at radius 1 is 1.30 bits per heavy atom. The second kappa shape index (κ2) is 10.7. The highest BCUT2D eigenvalue weighted by Gasteiger charge is 2.35. The standard InChI is InChI=1S/C28H33Cl2N5O2/c1-16-13-19(6-10-25(16)34-12-4-5-21(34)8-11-26(36)37)24-15-31-27-17(2)33-35(28(27)32-24)18(3)22-9-7-20(29)14-23(22)30/h6-7,9,14-16,18,21,25H,4-5,8,10-13H2,1-3H3,(H,36,37)/t16-,18?,21?,25?/m1/s1. The molecule has 4 atom stereocenters. The number of likely N-dealkylation sites (tertiary alicyclic amines) is 1. The predicted molar refractivity (Wildman–Crippen MR) is 147 cm³/mol. The smallest absolute Gasteiger partial charge is 0.303 e. The minimum absolute atomic E-state index is 0.132. The van der Waals surface area contributed by atoms with Crippen LogP contribution in [0.5, 0.6) is 0 Å². The van der Waals surface area contributed by atoms with Crippen molar-refractivity contribution in [1.82, 2.24) is 24.6 Å². The first kappa shape index (κ1) is 26.1. The molecule has 0 amide bonds. The lowest BCUT2D eigenvalue weighted by molar-refractivity contribution is -0.137. The van der Waals surface area contributed by atoms with E-state index in [1.807, 2.05) is 29.9 Å². The summed E-state index contributed by atoms with van der Waals surface area (Å²) in [7, 11) is 0. The molecule has 0 bridgehead atoms. The van der Waals surface area contributed by atoms with Crippen LogP contribution in [0.1, 0.15) is 75.4 Å². The average Bonchev–Trinajstić information content (AvgIpc) is 3.46. The van der Waals surface area contributed by atoms with Gasteiger partial charge in [0.15, 0.2) is 5.65 Å². The van der Waals surface area contributed by atoms with Gasteiger partial charge in [0, 0.05) is 28.5 Å². The molecule has 1 saturated heterocycles. The zero-order valence-corrected chi connectivity index (χ0v) is 23.0. The van der Waals surface area contributed by atoms with E-state index in [1.54, 1.807) is 6.07 Å². The summed E-state index contributed by atoms with van der Waals surface area (Å²) in [6.07, 6.45) is 9.24. The van der Waals surface area contributed by atoms with Crippen molar-refractivity contribution in [3.8, 4) is 0 Å². The van der Waals surface area contributed by atoms with Gasteiger partial charge in [0.25, 0.3) is 0 Å². The van der Waals surface area contributed by atoms with Gasteiger partial charge in [0.1, 0.15) is 5.52 Å². The van der Waals surface area contributed by atoms with E-state index in [-0.39, 0.29) is 12.5 Å². The molecule has 5 rings (SSSR count). The molecule has 0 saturated carbocycles. The molecule has 1 aliphatic heterocycles. The molecular formula is C28H33Cl2N5O2. The number of hydrogen-bond donors (Lipinski definition) is 1. The number of halogens is 2. The number of aliphatic carboxylic acids is 1. The second-order valence-corrected chi connectivity index (χ2v) is 11.3. The molecule has 9 heteroatoms. The van der Waals surface area contributed by atoms with Gasteiger partial charge in [0.2, 0.25) is 0 Å². The van der Waals surface area contributed by atoms with E-state index in [9.17, 15) is 4.79 Å². The maximum Gasteiger partial charge on any atom is 0.303 e. The van der Waals surface area contributed by atoms with Gasteiger partial charge in [0.05, 0.1) is 23.6 Å². The Morgan fingerprint density at radius 3 is 2.84 bits per heavy atom. The molecule has 3 aromatic rings. The maximum atomic E-state index is 11.1. The van der Waals surface area contributed by atoms with E-state index in [0.29, 0.717) is 28.0 Å². The molecule has 37 heavy (non-hydrogen) atoms. The van der Waals surface area contributed by atoms with Crippen molar-refractivity contribution in [2.45, 2.75) is 77.4 Å². The summed E-state index contributed by atoms with van der Waals surface area (Å²) in [5.74, 6) is -0.261. The van der Waals surface area contributed by atoms with Crippen LogP contribution < -0.4 is 0 Å². The van der Waals surface area contributed by atoms with Gasteiger partial charge in [-0.2, -0.15) is 5.10 Å². The third kappa shape index (κ3) is 5.27. The quantitative estimate of drug-likeness (QED) is 0.364. The summed E-state index contributed by atoms with van der Waals surface area (Å²) in [6, 6.07) is 6.19. The van der Waals surface area contributed by atoms with E-state index in [4.69, 9.17) is 43.4 Å². The van der Waals surface area contributed by atoms with Crippen molar-refractivity contribution in [3.05, 3.63) is 57.5 Å². The molecule has 2 aliphatic rings. The van der Waals surface area contributed by atoms with Gasteiger partial charge in [-0.3, -0.25) is 9.69 Å². The first-order valence-corrected chi connectivity index (χ1v) is 13.8. The first-order chi connectivity index (χ1) is 17.7. The van der Waals surface area contributed by atoms with Crippen molar-refractivity contribution in [2.24, 2.45) is 5.92 Å². The fourth-order valence-electron chi connectivity index (χ4n) is 6.08. The summed E-state index contributed by atoms with van der Waals surface area (Å²) >= 11 is 12.6. The number of carboxylic acid groups (broad SMARTS) is 1. The van der Waals surface area contributed by atoms with Crippen molar-refractivity contribution in [3.63, 3.8) is 0 Å². The number of carboxylic acids is 1. The monoisotopic (exact) mass is 541 g/mol. The molecule has 1 aliphatic carbocycles. The summed E-state index contributed by atoms with van der Waals surface area (Å²) in [4.78, 5) is 23.5. The Kier molecular flexibility index (Phi) is 7.57. The fraction of sp³-hybridized carbons (Fsp3) is 0.500. The lowest BCUT2D eigenvalue weighted by Gasteiger charge is -2.39. The van der Waals surface area contributed by atoms with Gasteiger partial charge >= 0.3 is 5.97 Å². The van der Waals surface area contributed by atoms with Crippen LogP contribution in [0.4, 0.5) is 0 Å². The van der Waals surface area contributed by atoms with E-state index >= 15 is 0 Å². The van der Waals surface area contributed by atoms with E-state index in [2.05, 4.69) is 24.8 Å². The van der Waals surface area contributed by atoms with Crippen LogP contribution in [0.25, 0.3) is 16.7 Å². The molecule has 3 heterocycles. The van der Waals surface area contributed by atoms with E-state index < -0.39 is 5.97 Å². The highest BCUT2D eigenvalue weighted by molar-refractivity contribution is 6.35. The molecule has 7 nitrogen and oxygen atoms in total. The molecular weight excluding hydrogens is 509 g/mol. The summed E-state index contributed by atoms with van der Waals surface area (Å²) < 4.78 is 1.91. The third-order valence-electron chi connectivity index (χ3n) is 8.02. The van der Waals surface area contributed by atoms with Crippen molar-refractivity contribution in [1.29, 1.82) is 0 Å². The van der Waals surface area contributed by atoms with Crippen molar-refractivity contribution in [2.75, 3.05) is 6.54 Å². The number of nitrogens with zero attached hydrogens (tertiary/aromatic N) is 5. The summed E-state index contributed by atoms with van der Waals surface area (Å²) in [5, 5.41) is 15.1. The van der Waals surface area contributed by atoms with Crippen LogP contribution in [0.15, 0.2) is 30.5 Å². The van der Waals surface area contributed by atoms with Crippen LogP contribution in [0.2, 0.25) is 10.0 Å². The minimum Gasteiger partial charge on any atom is -0.481 e. The van der Waals surface area contributed by atoms with Gasteiger partial charge in [-0.15, -0.1) is 0 Å². The minimum atomic E-state index is -0.707. The van der Waals surface area contributed by atoms with Crippen LogP contribution >= 0.6 is 23.2 Å². The predicted octanol–water partition coefficient (Wildman–Crippen LogP) is 6.56. The van der Waals surface area contributed by atoms with Gasteiger partial charge < -0.3 is 5.11 Å². The summed E-state index contributed by atoms with van der Waals surface area (Å²) in [6.45, 7) is 7.36. The topological polar surface area (TPSA) is 84.1 Å². The first-order valence-electron chi connectivity index (χ1n) is 13.1. The molecule has 1 fully saturated rings. The Hall–Kier alpha value is -2.48. The van der Waals surface area contributed by atoms with Gasteiger partial charge in [-0.1, -0.05) is 42.3 Å². The highest BCUT2D eigenvalue weighted by atomic mass is 35.5. The second-order valence-electron chi connectivity index (χ2n) is 10.5. The number of rotatable bonds is 7. The number of carbonyl (C=O) groups is 1. The molecule has 1 N–H and O–H groups in total. The largest absolute Gasteiger partial charge is 0.481 e. The van der Waals surface area contributed by atoms with Gasteiger partial charge in [-0.05, 0) is 81.7 Å². The number of hydrogen-bond acceptors (Lipinski definition) is 5.